The Bertz CT molecular complexity index is 1340. The average Bonchev–Trinajstić information content (AvgIpc) is 3.43. The molecule has 1 atom stereocenters. The second-order valence-corrected chi connectivity index (χ2v) is 8.12. The largest absolute Gasteiger partial charge is 0.419 e. The molecule has 5 rings (SSSR count). The van der Waals surface area contributed by atoms with Crippen molar-refractivity contribution in [1.82, 2.24) is 19.9 Å². The number of hydrogen-bond donors (Lipinski definition) is 2. The first kappa shape index (κ1) is 21.1. The van der Waals surface area contributed by atoms with Gasteiger partial charge in [0.2, 0.25) is 0 Å². The van der Waals surface area contributed by atoms with Crippen LogP contribution in [-0.4, -0.2) is 55.7 Å². The van der Waals surface area contributed by atoms with E-state index in [-0.39, 0.29) is 12.2 Å². The summed E-state index contributed by atoms with van der Waals surface area (Å²) < 4.78 is 39.3. The van der Waals surface area contributed by atoms with Crippen LogP contribution in [0.15, 0.2) is 66.9 Å². The zero-order valence-electron chi connectivity index (χ0n) is 17.3. The van der Waals surface area contributed by atoms with E-state index in [1.165, 1.54) is 6.07 Å². The number of amides is 1. The highest BCUT2D eigenvalue weighted by Gasteiger charge is 2.57. The van der Waals surface area contributed by atoms with Crippen LogP contribution in [0, 0.1) is 0 Å². The van der Waals surface area contributed by atoms with E-state index in [0.717, 1.165) is 21.5 Å². The first-order chi connectivity index (χ1) is 15.7. The molecule has 1 saturated heterocycles. The zero-order chi connectivity index (χ0) is 23.2. The Morgan fingerprint density at radius 2 is 1.85 bits per heavy atom. The summed E-state index contributed by atoms with van der Waals surface area (Å²) in [5, 5.41) is 10.7. The summed E-state index contributed by atoms with van der Waals surface area (Å²) in [5.41, 5.74) is 0.906. The average molecular weight is 452 g/mol. The van der Waals surface area contributed by atoms with Gasteiger partial charge in [-0.05, 0) is 29.8 Å². The molecule has 1 unspecified atom stereocenters. The number of carbonyl (C=O) groups is 1. The Kier molecular flexibility index (Phi) is 4.93. The molecule has 1 aliphatic heterocycles. The predicted molar refractivity (Wildman–Crippen MR) is 116 cm³/mol. The lowest BCUT2D eigenvalue weighted by molar-refractivity contribution is -0.253. The summed E-state index contributed by atoms with van der Waals surface area (Å²) in [5.74, 6) is -0.654. The zero-order valence-corrected chi connectivity index (χ0v) is 17.3. The number of halogens is 3. The molecule has 1 aromatic carbocycles. The SMILES string of the molecule is O=C(c1cccc(-c2cnc3[nH]c(-c4ccccc4)cc3c2)n1)N1CCC(O)(C(F)(F)F)C1. The fraction of sp³-hybridized carbons (Fsp3) is 0.208. The van der Waals surface area contributed by atoms with Gasteiger partial charge in [-0.1, -0.05) is 36.4 Å². The van der Waals surface area contributed by atoms with E-state index in [9.17, 15) is 23.1 Å². The number of carbonyl (C=O) groups excluding carboxylic acids is 1. The quantitative estimate of drug-likeness (QED) is 0.482. The maximum Gasteiger partial charge on any atom is 0.419 e. The van der Waals surface area contributed by atoms with Gasteiger partial charge in [-0.25, -0.2) is 9.97 Å². The van der Waals surface area contributed by atoms with Crippen LogP contribution in [-0.2, 0) is 0 Å². The molecule has 6 nitrogen and oxygen atoms in total. The van der Waals surface area contributed by atoms with Gasteiger partial charge in [0.1, 0.15) is 11.3 Å². The number of alkyl halides is 3. The van der Waals surface area contributed by atoms with Gasteiger partial charge in [-0.2, -0.15) is 13.2 Å². The Hall–Kier alpha value is -3.72. The van der Waals surface area contributed by atoms with Crippen molar-refractivity contribution >= 4 is 16.9 Å². The number of fused-ring (bicyclic) bond motifs is 1. The van der Waals surface area contributed by atoms with Crippen molar-refractivity contribution in [2.75, 3.05) is 13.1 Å². The molecule has 4 aromatic rings. The summed E-state index contributed by atoms with van der Waals surface area (Å²) >= 11 is 0. The van der Waals surface area contributed by atoms with Crippen LogP contribution in [0.4, 0.5) is 13.2 Å². The summed E-state index contributed by atoms with van der Waals surface area (Å²) in [6.45, 7) is -1.000. The van der Waals surface area contributed by atoms with Crippen molar-refractivity contribution in [2.45, 2.75) is 18.2 Å². The van der Waals surface area contributed by atoms with Crippen LogP contribution < -0.4 is 0 Å². The number of H-pyrrole nitrogens is 1. The predicted octanol–water partition coefficient (Wildman–Crippen LogP) is 4.43. The van der Waals surface area contributed by atoms with E-state index in [1.807, 2.05) is 42.5 Å². The van der Waals surface area contributed by atoms with Crippen molar-refractivity contribution in [3.63, 3.8) is 0 Å². The Morgan fingerprint density at radius 3 is 2.58 bits per heavy atom. The molecule has 4 heterocycles. The van der Waals surface area contributed by atoms with E-state index in [0.29, 0.717) is 16.9 Å². The third kappa shape index (κ3) is 3.84. The Morgan fingerprint density at radius 1 is 1.06 bits per heavy atom. The molecule has 0 bridgehead atoms. The minimum absolute atomic E-state index is 0.0121. The van der Waals surface area contributed by atoms with Gasteiger partial charge >= 0.3 is 6.18 Å². The lowest BCUT2D eigenvalue weighted by atomic mass is 10.0. The maximum absolute atomic E-state index is 13.1. The van der Waals surface area contributed by atoms with Crippen LogP contribution in [0.3, 0.4) is 0 Å². The number of hydrogen-bond acceptors (Lipinski definition) is 4. The van der Waals surface area contributed by atoms with Gasteiger partial charge < -0.3 is 15.0 Å². The van der Waals surface area contributed by atoms with Crippen molar-refractivity contribution in [2.24, 2.45) is 0 Å². The molecule has 1 fully saturated rings. The van der Waals surface area contributed by atoms with Gasteiger partial charge in [0.05, 0.1) is 12.2 Å². The van der Waals surface area contributed by atoms with Crippen LogP contribution in [0.2, 0.25) is 0 Å². The molecule has 0 aliphatic carbocycles. The monoisotopic (exact) mass is 452 g/mol. The first-order valence-electron chi connectivity index (χ1n) is 10.3. The van der Waals surface area contributed by atoms with Crippen molar-refractivity contribution in [3.05, 3.63) is 72.6 Å². The highest BCUT2D eigenvalue weighted by atomic mass is 19.4. The number of nitrogens with one attached hydrogen (secondary N) is 1. The van der Waals surface area contributed by atoms with E-state index in [1.54, 1.807) is 18.3 Å². The molecule has 9 heteroatoms. The molecule has 3 aromatic heterocycles. The highest BCUT2D eigenvalue weighted by Crippen LogP contribution is 2.38. The molecule has 1 aliphatic rings. The fourth-order valence-corrected chi connectivity index (χ4v) is 4.00. The minimum atomic E-state index is -4.80. The van der Waals surface area contributed by atoms with Crippen molar-refractivity contribution in [3.8, 4) is 22.5 Å². The molecule has 0 saturated carbocycles. The van der Waals surface area contributed by atoms with Gasteiger partial charge in [-0.3, -0.25) is 4.79 Å². The molecule has 168 valence electrons. The van der Waals surface area contributed by atoms with Crippen LogP contribution in [0.1, 0.15) is 16.9 Å². The molecular weight excluding hydrogens is 433 g/mol. The molecule has 2 N–H and O–H groups in total. The molecule has 0 radical (unpaired) electrons. The van der Waals surface area contributed by atoms with Crippen molar-refractivity contribution in [1.29, 1.82) is 0 Å². The van der Waals surface area contributed by atoms with Gasteiger partial charge in [0, 0.05) is 35.8 Å². The molecule has 33 heavy (non-hydrogen) atoms. The standard InChI is InChI=1S/C24H19F3N4O2/c25-24(26,27)23(33)9-10-31(14-23)22(32)19-8-4-7-18(29-19)17-11-16-12-20(30-21(16)28-13-17)15-5-2-1-3-6-15/h1-8,11-13,33H,9-10,14H2,(H,28,30). The fourth-order valence-electron chi connectivity index (χ4n) is 4.00. The normalized spacial score (nSPS) is 18.7. The number of aromatic nitrogens is 3. The van der Waals surface area contributed by atoms with Crippen LogP contribution in [0.25, 0.3) is 33.5 Å². The third-order valence-electron chi connectivity index (χ3n) is 5.88. The van der Waals surface area contributed by atoms with Crippen LogP contribution >= 0.6 is 0 Å². The minimum Gasteiger partial charge on any atom is -0.379 e. The number of rotatable bonds is 3. The summed E-state index contributed by atoms with van der Waals surface area (Å²) in [4.78, 5) is 25.9. The first-order valence-corrected chi connectivity index (χ1v) is 10.3. The number of aliphatic hydroxyl groups is 1. The smallest absolute Gasteiger partial charge is 0.379 e. The van der Waals surface area contributed by atoms with Crippen molar-refractivity contribution < 1.29 is 23.1 Å². The highest BCUT2D eigenvalue weighted by molar-refractivity contribution is 5.93. The molecule has 1 amide bonds. The number of pyridine rings is 2. The number of β-amino-alcohol motifs (C(OH)–C–C–N with tert-alkyl or cyclic N) is 1. The van der Waals surface area contributed by atoms with Gasteiger partial charge in [0.25, 0.3) is 5.91 Å². The summed E-state index contributed by atoms with van der Waals surface area (Å²) in [6.07, 6.45) is -3.73. The lowest BCUT2D eigenvalue weighted by Crippen LogP contribution is -2.48. The second-order valence-electron chi connectivity index (χ2n) is 8.12. The van der Waals surface area contributed by atoms with E-state index in [4.69, 9.17) is 0 Å². The molecule has 0 spiro atoms. The maximum atomic E-state index is 13.1. The summed E-state index contributed by atoms with van der Waals surface area (Å²) in [6, 6.07) is 18.4. The number of nitrogens with zero attached hydrogens (tertiary/aromatic N) is 3. The summed E-state index contributed by atoms with van der Waals surface area (Å²) in [7, 11) is 0. The van der Waals surface area contributed by atoms with E-state index >= 15 is 0 Å². The van der Waals surface area contributed by atoms with Gasteiger partial charge in [0.15, 0.2) is 5.60 Å². The number of aromatic amines is 1. The second kappa shape index (κ2) is 7.70. The van der Waals surface area contributed by atoms with Crippen LogP contribution in [0.5, 0.6) is 0 Å². The Balaban J connectivity index is 1.42. The lowest BCUT2D eigenvalue weighted by Gasteiger charge is -2.25. The Labute approximate surface area is 186 Å². The molecular formula is C24H19F3N4O2. The van der Waals surface area contributed by atoms with E-state index < -0.39 is 30.7 Å². The number of benzene rings is 1. The third-order valence-corrected chi connectivity index (χ3v) is 5.88. The topological polar surface area (TPSA) is 82.1 Å². The van der Waals surface area contributed by atoms with Gasteiger partial charge in [-0.15, -0.1) is 0 Å². The van der Waals surface area contributed by atoms with E-state index in [2.05, 4.69) is 15.0 Å². The number of likely N-dealkylation sites (tertiary alicyclic amines) is 1.